The molecule has 0 spiro atoms. The first-order valence-electron chi connectivity index (χ1n) is 7.03. The van der Waals surface area contributed by atoms with E-state index in [1.165, 1.54) is 4.90 Å². The van der Waals surface area contributed by atoms with Crippen molar-refractivity contribution in [3.8, 4) is 5.75 Å². The maximum absolute atomic E-state index is 12.1. The molecule has 0 aliphatic carbocycles. The van der Waals surface area contributed by atoms with Crippen LogP contribution < -0.4 is 4.74 Å². The Kier molecular flexibility index (Phi) is 5.07. The second kappa shape index (κ2) is 6.80. The molecule has 1 aromatic carbocycles. The molecule has 21 heavy (non-hydrogen) atoms. The largest absolute Gasteiger partial charge is 0.491 e. The third kappa shape index (κ3) is 3.88. The minimum Gasteiger partial charge on any atom is -0.491 e. The van der Waals surface area contributed by atoms with Gasteiger partial charge in [-0.2, -0.15) is 0 Å². The number of imide groups is 1. The molecule has 0 aromatic heterocycles. The van der Waals surface area contributed by atoms with E-state index >= 15 is 0 Å². The van der Waals surface area contributed by atoms with E-state index in [1.54, 1.807) is 6.08 Å². The lowest BCUT2D eigenvalue weighted by Gasteiger charge is -2.10. The topological polar surface area (TPSA) is 46.6 Å². The van der Waals surface area contributed by atoms with Crippen LogP contribution in [-0.2, 0) is 4.79 Å². The van der Waals surface area contributed by atoms with Gasteiger partial charge < -0.3 is 4.74 Å². The van der Waals surface area contributed by atoms with Gasteiger partial charge in [-0.15, -0.1) is 0 Å². The summed E-state index contributed by atoms with van der Waals surface area (Å²) in [6.07, 6.45) is 2.65. The van der Waals surface area contributed by atoms with E-state index in [-0.39, 0.29) is 17.3 Å². The number of ether oxygens (including phenoxy) is 1. The van der Waals surface area contributed by atoms with E-state index in [0.717, 1.165) is 29.5 Å². The molecular formula is C16H19NO3S. The van der Waals surface area contributed by atoms with Crippen LogP contribution in [0.1, 0.15) is 32.8 Å². The molecule has 2 rings (SSSR count). The van der Waals surface area contributed by atoms with Gasteiger partial charge in [0, 0.05) is 6.54 Å². The van der Waals surface area contributed by atoms with E-state index in [9.17, 15) is 9.59 Å². The summed E-state index contributed by atoms with van der Waals surface area (Å²) in [7, 11) is 0. The highest BCUT2D eigenvalue weighted by Gasteiger charge is 2.34. The summed E-state index contributed by atoms with van der Waals surface area (Å²) in [5.74, 6) is 0.593. The molecule has 2 amide bonds. The Hall–Kier alpha value is -1.75. The SMILES string of the molecule is CCCN1C(=O)S/C(=C/c2ccc(OC(C)C)cc2)C1=O. The van der Waals surface area contributed by atoms with E-state index in [4.69, 9.17) is 4.74 Å². The predicted molar refractivity (Wildman–Crippen MR) is 85.2 cm³/mol. The summed E-state index contributed by atoms with van der Waals surface area (Å²) >= 11 is 0.999. The number of hydrogen-bond donors (Lipinski definition) is 0. The van der Waals surface area contributed by atoms with Gasteiger partial charge in [-0.25, -0.2) is 0 Å². The summed E-state index contributed by atoms with van der Waals surface area (Å²) in [5.41, 5.74) is 0.883. The molecule has 4 nitrogen and oxygen atoms in total. The Morgan fingerprint density at radius 1 is 1.24 bits per heavy atom. The lowest BCUT2D eigenvalue weighted by Crippen LogP contribution is -2.28. The molecule has 112 valence electrons. The van der Waals surface area contributed by atoms with Gasteiger partial charge in [-0.3, -0.25) is 14.5 Å². The molecule has 0 saturated carbocycles. The molecule has 1 aromatic rings. The monoisotopic (exact) mass is 305 g/mol. The number of thioether (sulfide) groups is 1. The second-order valence-corrected chi connectivity index (χ2v) is 6.06. The number of carbonyl (C=O) groups is 2. The molecule has 1 aliphatic heterocycles. The van der Waals surface area contributed by atoms with E-state index in [2.05, 4.69) is 0 Å². The Balaban J connectivity index is 2.13. The zero-order valence-electron chi connectivity index (χ0n) is 12.5. The van der Waals surface area contributed by atoms with Crippen LogP contribution in [-0.4, -0.2) is 28.7 Å². The van der Waals surface area contributed by atoms with E-state index in [1.807, 2.05) is 45.0 Å². The van der Waals surface area contributed by atoms with Crippen LogP contribution in [0, 0.1) is 0 Å². The molecule has 5 heteroatoms. The van der Waals surface area contributed by atoms with Gasteiger partial charge >= 0.3 is 0 Å². The fourth-order valence-corrected chi connectivity index (χ4v) is 2.85. The summed E-state index contributed by atoms with van der Waals surface area (Å²) < 4.78 is 5.57. The molecular weight excluding hydrogens is 286 g/mol. The van der Waals surface area contributed by atoms with E-state index < -0.39 is 0 Å². The molecule has 0 bridgehead atoms. The fourth-order valence-electron chi connectivity index (χ4n) is 1.98. The summed E-state index contributed by atoms with van der Waals surface area (Å²) in [6.45, 7) is 6.36. The van der Waals surface area contributed by atoms with Gasteiger partial charge in [-0.05, 0) is 55.8 Å². The van der Waals surface area contributed by atoms with Crippen LogP contribution in [0.4, 0.5) is 4.79 Å². The van der Waals surface area contributed by atoms with Crippen molar-refractivity contribution in [3.05, 3.63) is 34.7 Å². The minimum atomic E-state index is -0.200. The first-order valence-corrected chi connectivity index (χ1v) is 7.85. The van der Waals surface area contributed by atoms with Gasteiger partial charge in [0.1, 0.15) is 5.75 Å². The zero-order chi connectivity index (χ0) is 15.4. The number of rotatable bonds is 5. The summed E-state index contributed by atoms with van der Waals surface area (Å²) in [6, 6.07) is 7.49. The van der Waals surface area contributed by atoms with Crippen LogP contribution in [0.2, 0.25) is 0 Å². The molecule has 1 aliphatic rings. The Morgan fingerprint density at radius 2 is 1.90 bits per heavy atom. The van der Waals surface area contributed by atoms with Gasteiger partial charge in [0.05, 0.1) is 11.0 Å². The van der Waals surface area contributed by atoms with Crippen LogP contribution >= 0.6 is 11.8 Å². The fraction of sp³-hybridized carbons (Fsp3) is 0.375. The molecule has 0 unspecified atom stereocenters. The zero-order valence-corrected chi connectivity index (χ0v) is 13.3. The van der Waals surface area contributed by atoms with Crippen LogP contribution in [0.3, 0.4) is 0 Å². The van der Waals surface area contributed by atoms with Crippen molar-refractivity contribution in [2.24, 2.45) is 0 Å². The van der Waals surface area contributed by atoms with Crippen molar-refractivity contribution in [2.45, 2.75) is 33.3 Å². The normalized spacial score (nSPS) is 17.1. The Labute approximate surface area is 129 Å². The van der Waals surface area contributed by atoms with Crippen LogP contribution in [0.15, 0.2) is 29.2 Å². The van der Waals surface area contributed by atoms with Crippen molar-refractivity contribution in [1.29, 1.82) is 0 Å². The minimum absolute atomic E-state index is 0.126. The molecule has 1 heterocycles. The summed E-state index contributed by atoms with van der Waals surface area (Å²) in [4.78, 5) is 25.6. The molecule has 0 N–H and O–H groups in total. The molecule has 1 saturated heterocycles. The first-order chi connectivity index (χ1) is 10.0. The third-order valence-electron chi connectivity index (χ3n) is 2.87. The van der Waals surface area contributed by atoms with Crippen LogP contribution in [0.5, 0.6) is 5.75 Å². The van der Waals surface area contributed by atoms with Gasteiger partial charge in [0.15, 0.2) is 0 Å². The average molecular weight is 305 g/mol. The van der Waals surface area contributed by atoms with Gasteiger partial charge in [0.2, 0.25) is 0 Å². The predicted octanol–water partition coefficient (Wildman–Crippen LogP) is 3.92. The van der Waals surface area contributed by atoms with Crippen molar-refractivity contribution in [3.63, 3.8) is 0 Å². The maximum atomic E-state index is 12.1. The highest BCUT2D eigenvalue weighted by Crippen LogP contribution is 2.32. The summed E-state index contributed by atoms with van der Waals surface area (Å²) in [5, 5.41) is -0.187. The van der Waals surface area contributed by atoms with Crippen molar-refractivity contribution >= 4 is 29.0 Å². The lowest BCUT2D eigenvalue weighted by molar-refractivity contribution is -0.122. The number of benzene rings is 1. The van der Waals surface area contributed by atoms with Crippen molar-refractivity contribution in [2.75, 3.05) is 6.54 Å². The van der Waals surface area contributed by atoms with Gasteiger partial charge in [-0.1, -0.05) is 19.1 Å². The molecule has 0 atom stereocenters. The Bertz CT molecular complexity index is 563. The standard InChI is InChI=1S/C16H19NO3S/c1-4-9-17-15(18)14(21-16(17)19)10-12-5-7-13(8-6-12)20-11(2)3/h5-8,10-11H,4,9H2,1-3H3/b14-10+. The lowest BCUT2D eigenvalue weighted by atomic mass is 10.2. The first kappa shape index (κ1) is 15.6. The number of hydrogen-bond acceptors (Lipinski definition) is 4. The quantitative estimate of drug-likeness (QED) is 0.774. The Morgan fingerprint density at radius 3 is 2.48 bits per heavy atom. The molecule has 0 radical (unpaired) electrons. The highest BCUT2D eigenvalue weighted by atomic mass is 32.2. The maximum Gasteiger partial charge on any atom is 0.293 e. The number of amides is 2. The smallest absolute Gasteiger partial charge is 0.293 e. The second-order valence-electron chi connectivity index (χ2n) is 5.07. The van der Waals surface area contributed by atoms with Crippen molar-refractivity contribution in [1.82, 2.24) is 4.90 Å². The van der Waals surface area contributed by atoms with Crippen molar-refractivity contribution < 1.29 is 14.3 Å². The van der Waals surface area contributed by atoms with Gasteiger partial charge in [0.25, 0.3) is 11.1 Å². The third-order valence-corrected chi connectivity index (χ3v) is 3.78. The number of carbonyl (C=O) groups excluding carboxylic acids is 2. The van der Waals surface area contributed by atoms with Crippen LogP contribution in [0.25, 0.3) is 6.08 Å². The van der Waals surface area contributed by atoms with E-state index in [0.29, 0.717) is 11.4 Å². The average Bonchev–Trinajstić information content (AvgIpc) is 2.69. The highest BCUT2D eigenvalue weighted by molar-refractivity contribution is 8.18. The number of nitrogens with zero attached hydrogens (tertiary/aromatic N) is 1. The molecule has 1 fully saturated rings.